The Kier molecular flexibility index (Phi) is 3.86. The average Bonchev–Trinajstić information content (AvgIpc) is 2.75. The lowest BCUT2D eigenvalue weighted by atomic mass is 10.1. The zero-order chi connectivity index (χ0) is 15.1. The topological polar surface area (TPSA) is 79.3 Å². The van der Waals surface area contributed by atoms with E-state index in [4.69, 9.17) is 5.11 Å². The monoisotopic (exact) mass is 296 g/mol. The molecule has 1 fully saturated rings. The molecule has 20 heavy (non-hydrogen) atoms. The Labute approximate surface area is 122 Å². The third kappa shape index (κ3) is 2.57. The highest BCUT2D eigenvalue weighted by Crippen LogP contribution is 2.58. The molecule has 0 radical (unpaired) electrons. The molecule has 2 N–H and O–H groups in total. The molecule has 1 unspecified atom stereocenters. The van der Waals surface area contributed by atoms with Crippen LogP contribution >= 0.6 is 11.3 Å². The van der Waals surface area contributed by atoms with Crippen molar-refractivity contribution in [2.45, 2.75) is 40.2 Å². The second-order valence-electron chi connectivity index (χ2n) is 5.86. The first-order valence-corrected chi connectivity index (χ1v) is 7.58. The zero-order valence-corrected chi connectivity index (χ0v) is 13.0. The van der Waals surface area contributed by atoms with E-state index >= 15 is 0 Å². The Balaban J connectivity index is 2.00. The molecule has 0 aliphatic heterocycles. The van der Waals surface area contributed by atoms with E-state index in [9.17, 15) is 9.59 Å². The summed E-state index contributed by atoms with van der Waals surface area (Å²) in [5.74, 6) is -2.13. The van der Waals surface area contributed by atoms with E-state index in [0.29, 0.717) is 0 Å². The Bertz CT molecular complexity index is 538. The van der Waals surface area contributed by atoms with Crippen molar-refractivity contribution in [2.75, 3.05) is 0 Å². The van der Waals surface area contributed by atoms with Gasteiger partial charge in [0.1, 0.15) is 5.01 Å². The summed E-state index contributed by atoms with van der Waals surface area (Å²) in [5.41, 5.74) is -0.465. The number of thiazole rings is 1. The van der Waals surface area contributed by atoms with Crippen LogP contribution in [0.5, 0.6) is 0 Å². The summed E-state index contributed by atoms with van der Waals surface area (Å²) in [6.45, 7) is 7.57. The van der Waals surface area contributed by atoms with Crippen molar-refractivity contribution in [1.82, 2.24) is 10.3 Å². The Morgan fingerprint density at radius 2 is 2.15 bits per heavy atom. The lowest BCUT2D eigenvalue weighted by molar-refractivity contribution is -0.140. The summed E-state index contributed by atoms with van der Waals surface area (Å²) in [6.07, 6.45) is 2.75. The van der Waals surface area contributed by atoms with Gasteiger partial charge in [0, 0.05) is 11.1 Å². The van der Waals surface area contributed by atoms with Crippen LogP contribution in [0, 0.1) is 17.3 Å². The van der Waals surface area contributed by atoms with Crippen molar-refractivity contribution in [3.05, 3.63) is 16.1 Å². The second-order valence-corrected chi connectivity index (χ2v) is 7.01. The van der Waals surface area contributed by atoms with E-state index in [1.807, 2.05) is 27.0 Å². The molecule has 1 heterocycles. The first-order valence-electron chi connectivity index (χ1n) is 6.76. The highest BCUT2D eigenvalue weighted by Gasteiger charge is 2.65. The van der Waals surface area contributed by atoms with Crippen LogP contribution in [-0.4, -0.2) is 22.0 Å². The van der Waals surface area contributed by atoms with E-state index in [2.05, 4.69) is 17.2 Å². The number of carbonyl (C=O) groups is 2. The fraction of sp³-hybridized carbons (Fsp3) is 0.643. The van der Waals surface area contributed by atoms with Crippen LogP contribution in [0.15, 0.2) is 6.20 Å². The molecule has 0 saturated heterocycles. The summed E-state index contributed by atoms with van der Waals surface area (Å²) in [5, 5.41) is 12.8. The summed E-state index contributed by atoms with van der Waals surface area (Å²) in [7, 11) is 0. The van der Waals surface area contributed by atoms with Gasteiger partial charge in [-0.3, -0.25) is 9.59 Å². The number of hydrogen-bond acceptors (Lipinski definition) is 4. The Morgan fingerprint density at radius 1 is 1.50 bits per heavy atom. The SMILES string of the molecule is CCc1cnc(C(C)NC(=O)[C@H]2[C@@H](C(=O)O)C2(C)C)s1. The normalized spacial score (nSPS) is 25.0. The van der Waals surface area contributed by atoms with E-state index in [0.717, 1.165) is 11.4 Å². The van der Waals surface area contributed by atoms with Crippen molar-refractivity contribution in [3.63, 3.8) is 0 Å². The third-order valence-corrected chi connectivity index (χ3v) is 5.35. The highest BCUT2D eigenvalue weighted by atomic mass is 32.1. The van der Waals surface area contributed by atoms with Gasteiger partial charge >= 0.3 is 5.97 Å². The fourth-order valence-corrected chi connectivity index (χ4v) is 3.50. The van der Waals surface area contributed by atoms with Crippen molar-refractivity contribution in [1.29, 1.82) is 0 Å². The standard InChI is InChI=1S/C14H20N2O3S/c1-5-8-6-15-12(20-8)7(2)16-11(17)9-10(13(18)19)14(9,3)4/h6-7,9-10H,5H2,1-4H3,(H,16,17)(H,18,19)/t7?,9-,10+/m1/s1. The maximum Gasteiger partial charge on any atom is 0.307 e. The van der Waals surface area contributed by atoms with E-state index in [-0.39, 0.29) is 11.9 Å². The van der Waals surface area contributed by atoms with E-state index in [1.165, 1.54) is 4.88 Å². The quantitative estimate of drug-likeness (QED) is 0.873. The summed E-state index contributed by atoms with van der Waals surface area (Å²) >= 11 is 1.58. The Morgan fingerprint density at radius 3 is 2.60 bits per heavy atom. The summed E-state index contributed by atoms with van der Waals surface area (Å²) in [4.78, 5) is 28.8. The summed E-state index contributed by atoms with van der Waals surface area (Å²) in [6, 6.07) is -0.182. The molecule has 3 atom stereocenters. The first-order chi connectivity index (χ1) is 9.28. The highest BCUT2D eigenvalue weighted by molar-refractivity contribution is 7.11. The molecule has 1 aromatic heterocycles. The number of carbonyl (C=O) groups excluding carboxylic acids is 1. The lowest BCUT2D eigenvalue weighted by Crippen LogP contribution is -2.29. The second kappa shape index (κ2) is 5.16. The molecule has 0 spiro atoms. The van der Waals surface area contributed by atoms with Crippen molar-refractivity contribution >= 4 is 23.2 Å². The molecule has 6 heteroatoms. The van der Waals surface area contributed by atoms with Gasteiger partial charge in [0.05, 0.1) is 17.9 Å². The molecule has 0 bridgehead atoms. The minimum absolute atomic E-state index is 0.182. The molecule has 110 valence electrons. The molecule has 1 aromatic rings. The molecule has 1 amide bonds. The zero-order valence-electron chi connectivity index (χ0n) is 12.1. The minimum Gasteiger partial charge on any atom is -0.481 e. The van der Waals surface area contributed by atoms with Gasteiger partial charge < -0.3 is 10.4 Å². The molecule has 1 aliphatic carbocycles. The molecular formula is C14H20N2O3S. The van der Waals surface area contributed by atoms with Gasteiger partial charge in [0.15, 0.2) is 0 Å². The summed E-state index contributed by atoms with van der Waals surface area (Å²) < 4.78 is 0. The predicted molar refractivity (Wildman–Crippen MR) is 76.4 cm³/mol. The lowest BCUT2D eigenvalue weighted by Gasteiger charge is -2.11. The van der Waals surface area contributed by atoms with Crippen LogP contribution < -0.4 is 5.32 Å². The van der Waals surface area contributed by atoms with Crippen molar-refractivity contribution in [2.24, 2.45) is 17.3 Å². The largest absolute Gasteiger partial charge is 0.481 e. The van der Waals surface area contributed by atoms with E-state index < -0.39 is 23.2 Å². The number of nitrogens with zero attached hydrogens (tertiary/aromatic N) is 1. The van der Waals surface area contributed by atoms with Gasteiger partial charge in [-0.15, -0.1) is 11.3 Å². The number of hydrogen-bond donors (Lipinski definition) is 2. The van der Waals surface area contributed by atoms with Crippen LogP contribution in [0.3, 0.4) is 0 Å². The smallest absolute Gasteiger partial charge is 0.307 e. The molecule has 2 rings (SSSR count). The number of carboxylic acid groups (broad SMARTS) is 1. The number of amides is 1. The number of aromatic nitrogens is 1. The van der Waals surface area contributed by atoms with Crippen molar-refractivity contribution < 1.29 is 14.7 Å². The average molecular weight is 296 g/mol. The van der Waals surface area contributed by atoms with Gasteiger partial charge in [-0.05, 0) is 18.8 Å². The number of nitrogens with one attached hydrogen (secondary N) is 1. The van der Waals surface area contributed by atoms with Gasteiger partial charge in [0.2, 0.25) is 5.91 Å². The maximum atomic E-state index is 12.2. The van der Waals surface area contributed by atoms with Crippen molar-refractivity contribution in [3.8, 4) is 0 Å². The molecule has 1 saturated carbocycles. The molecule has 0 aromatic carbocycles. The molecule has 5 nitrogen and oxygen atoms in total. The fourth-order valence-electron chi connectivity index (χ4n) is 2.64. The van der Waals surface area contributed by atoms with E-state index in [1.54, 1.807) is 11.3 Å². The maximum absolute atomic E-state index is 12.2. The van der Waals surface area contributed by atoms with Crippen LogP contribution in [0.25, 0.3) is 0 Å². The Hall–Kier alpha value is -1.43. The van der Waals surface area contributed by atoms with Crippen LogP contribution in [0.4, 0.5) is 0 Å². The molecular weight excluding hydrogens is 276 g/mol. The number of aliphatic carboxylic acids is 1. The number of aryl methyl sites for hydroxylation is 1. The van der Waals surface area contributed by atoms with Crippen LogP contribution in [-0.2, 0) is 16.0 Å². The van der Waals surface area contributed by atoms with Gasteiger partial charge in [-0.25, -0.2) is 4.98 Å². The van der Waals surface area contributed by atoms with Gasteiger partial charge in [0.25, 0.3) is 0 Å². The number of carboxylic acids is 1. The first kappa shape index (κ1) is 15.0. The molecule has 1 aliphatic rings. The minimum atomic E-state index is -0.898. The number of rotatable bonds is 5. The third-order valence-electron chi connectivity index (χ3n) is 4.02. The van der Waals surface area contributed by atoms with Crippen LogP contribution in [0.2, 0.25) is 0 Å². The van der Waals surface area contributed by atoms with Gasteiger partial charge in [-0.2, -0.15) is 0 Å². The van der Waals surface area contributed by atoms with Crippen LogP contribution in [0.1, 0.15) is 43.6 Å². The van der Waals surface area contributed by atoms with Gasteiger partial charge in [-0.1, -0.05) is 20.8 Å². The predicted octanol–water partition coefficient (Wildman–Crippen LogP) is 2.24.